The highest BCUT2D eigenvalue weighted by atomic mass is 15.3. The minimum Gasteiger partial charge on any atom is -0.317 e. The number of hydrogen-bond acceptors (Lipinski definition) is 3. The highest BCUT2D eigenvalue weighted by Gasteiger charge is 2.41. The van der Waals surface area contributed by atoms with Crippen LogP contribution in [0.15, 0.2) is 0 Å². The first kappa shape index (κ1) is 12.9. The van der Waals surface area contributed by atoms with Crippen LogP contribution < -0.4 is 5.32 Å². The van der Waals surface area contributed by atoms with Gasteiger partial charge in [0, 0.05) is 30.7 Å². The largest absolute Gasteiger partial charge is 0.317 e. The molecule has 1 saturated carbocycles. The Balaban J connectivity index is 1.56. The molecule has 0 aromatic rings. The van der Waals surface area contributed by atoms with Crippen molar-refractivity contribution in [2.24, 2.45) is 0 Å². The fourth-order valence-corrected chi connectivity index (χ4v) is 4.57. The van der Waals surface area contributed by atoms with Gasteiger partial charge in [-0.15, -0.1) is 0 Å². The summed E-state index contributed by atoms with van der Waals surface area (Å²) in [5.41, 5.74) is 0. The van der Waals surface area contributed by atoms with Gasteiger partial charge in [0.05, 0.1) is 0 Å². The topological polar surface area (TPSA) is 18.5 Å². The van der Waals surface area contributed by atoms with Crippen molar-refractivity contribution in [1.29, 1.82) is 0 Å². The summed E-state index contributed by atoms with van der Waals surface area (Å²) in [5, 5.41) is 3.44. The third kappa shape index (κ3) is 2.33. The first-order valence-electron chi connectivity index (χ1n) is 7.93. The molecule has 0 radical (unpaired) electrons. The average Bonchev–Trinajstić information content (AvgIpc) is 3.00. The Morgan fingerprint density at radius 3 is 2.50 bits per heavy atom. The molecular formula is C15H29N3. The van der Waals surface area contributed by atoms with Crippen LogP contribution in [0.5, 0.6) is 0 Å². The summed E-state index contributed by atoms with van der Waals surface area (Å²) in [6, 6.07) is 3.36. The molecule has 3 fully saturated rings. The third-order valence-corrected chi connectivity index (χ3v) is 5.77. The van der Waals surface area contributed by atoms with Gasteiger partial charge < -0.3 is 5.32 Å². The maximum atomic E-state index is 3.44. The molecule has 0 aromatic carbocycles. The summed E-state index contributed by atoms with van der Waals surface area (Å²) in [7, 11) is 4.51. The van der Waals surface area contributed by atoms with Crippen molar-refractivity contribution in [3.05, 3.63) is 0 Å². The van der Waals surface area contributed by atoms with Crippen molar-refractivity contribution < 1.29 is 0 Å². The summed E-state index contributed by atoms with van der Waals surface area (Å²) < 4.78 is 0. The first-order chi connectivity index (χ1) is 8.79. The fourth-order valence-electron chi connectivity index (χ4n) is 4.57. The molecule has 1 aliphatic carbocycles. The summed E-state index contributed by atoms with van der Waals surface area (Å²) in [6.45, 7) is 2.72. The average molecular weight is 251 g/mol. The SMILES string of the molecule is CNC1CCC(N(C)C2CCN3CCCC23)CC1. The molecule has 1 N–H and O–H groups in total. The van der Waals surface area contributed by atoms with Crippen LogP contribution in [0.2, 0.25) is 0 Å². The Morgan fingerprint density at radius 1 is 1.00 bits per heavy atom. The van der Waals surface area contributed by atoms with E-state index >= 15 is 0 Å². The zero-order valence-corrected chi connectivity index (χ0v) is 12.1. The predicted octanol–water partition coefficient (Wildman–Crippen LogP) is 1.69. The molecule has 2 unspecified atom stereocenters. The molecule has 3 nitrogen and oxygen atoms in total. The zero-order chi connectivity index (χ0) is 12.5. The molecule has 18 heavy (non-hydrogen) atoms. The Morgan fingerprint density at radius 2 is 1.78 bits per heavy atom. The van der Waals surface area contributed by atoms with E-state index in [0.717, 1.165) is 24.2 Å². The van der Waals surface area contributed by atoms with Gasteiger partial charge in [0.1, 0.15) is 0 Å². The van der Waals surface area contributed by atoms with Gasteiger partial charge in [0.15, 0.2) is 0 Å². The van der Waals surface area contributed by atoms with E-state index in [0.29, 0.717) is 0 Å². The molecule has 3 heteroatoms. The van der Waals surface area contributed by atoms with Gasteiger partial charge in [-0.25, -0.2) is 0 Å². The van der Waals surface area contributed by atoms with Crippen molar-refractivity contribution in [3.63, 3.8) is 0 Å². The van der Waals surface area contributed by atoms with E-state index in [-0.39, 0.29) is 0 Å². The van der Waals surface area contributed by atoms with Crippen LogP contribution in [0.3, 0.4) is 0 Å². The van der Waals surface area contributed by atoms with E-state index in [9.17, 15) is 0 Å². The van der Waals surface area contributed by atoms with Crippen molar-refractivity contribution >= 4 is 0 Å². The molecule has 2 saturated heterocycles. The van der Waals surface area contributed by atoms with Crippen LogP contribution in [-0.2, 0) is 0 Å². The molecule has 3 rings (SSSR count). The molecular weight excluding hydrogens is 222 g/mol. The number of likely N-dealkylation sites (N-methyl/N-ethyl adjacent to an activating group) is 1. The molecule has 0 bridgehead atoms. The van der Waals surface area contributed by atoms with Gasteiger partial charge in [-0.1, -0.05) is 0 Å². The quantitative estimate of drug-likeness (QED) is 0.823. The van der Waals surface area contributed by atoms with E-state index in [1.165, 1.54) is 58.0 Å². The molecule has 2 heterocycles. The van der Waals surface area contributed by atoms with Crippen LogP contribution >= 0.6 is 0 Å². The van der Waals surface area contributed by atoms with E-state index in [1.54, 1.807) is 0 Å². The second-order valence-electron chi connectivity index (χ2n) is 6.56. The monoisotopic (exact) mass is 251 g/mol. The number of fused-ring (bicyclic) bond motifs is 1. The van der Waals surface area contributed by atoms with Crippen molar-refractivity contribution in [2.45, 2.75) is 69.1 Å². The highest BCUT2D eigenvalue weighted by Crippen LogP contribution is 2.34. The smallest absolute Gasteiger partial charge is 0.0263 e. The van der Waals surface area contributed by atoms with Gasteiger partial charge in [-0.05, 0) is 65.6 Å². The van der Waals surface area contributed by atoms with Crippen LogP contribution in [0.1, 0.15) is 44.9 Å². The summed E-state index contributed by atoms with van der Waals surface area (Å²) in [6.07, 6.45) is 9.81. The van der Waals surface area contributed by atoms with Gasteiger partial charge >= 0.3 is 0 Å². The predicted molar refractivity (Wildman–Crippen MR) is 75.9 cm³/mol. The molecule has 2 aliphatic heterocycles. The number of nitrogens with one attached hydrogen (secondary N) is 1. The lowest BCUT2D eigenvalue weighted by Gasteiger charge is -2.39. The molecule has 0 spiro atoms. The Kier molecular flexibility index (Phi) is 3.92. The van der Waals surface area contributed by atoms with Crippen LogP contribution in [-0.4, -0.2) is 61.2 Å². The molecule has 2 atom stereocenters. The van der Waals surface area contributed by atoms with E-state index in [1.807, 2.05) is 0 Å². The van der Waals surface area contributed by atoms with Crippen LogP contribution in [0, 0.1) is 0 Å². The molecule has 0 amide bonds. The van der Waals surface area contributed by atoms with Crippen molar-refractivity contribution in [3.8, 4) is 0 Å². The normalized spacial score (nSPS) is 41.5. The molecule has 3 aliphatic rings. The Hall–Kier alpha value is -0.120. The van der Waals surface area contributed by atoms with Crippen molar-refractivity contribution in [1.82, 2.24) is 15.1 Å². The zero-order valence-electron chi connectivity index (χ0n) is 12.1. The minimum atomic E-state index is 0.779. The minimum absolute atomic E-state index is 0.779. The Labute approximate surface area is 112 Å². The standard InChI is InChI=1S/C15H29N3/c1-16-12-5-7-13(8-6-12)17(2)14-9-11-18-10-3-4-15(14)18/h12-16H,3-11H2,1-2H3. The summed E-state index contributed by atoms with van der Waals surface area (Å²) in [4.78, 5) is 5.49. The third-order valence-electron chi connectivity index (χ3n) is 5.77. The Bertz CT molecular complexity index is 273. The van der Waals surface area contributed by atoms with Crippen LogP contribution in [0.25, 0.3) is 0 Å². The van der Waals surface area contributed by atoms with E-state index in [4.69, 9.17) is 0 Å². The fraction of sp³-hybridized carbons (Fsp3) is 1.00. The summed E-state index contributed by atoms with van der Waals surface area (Å²) in [5.74, 6) is 0. The second kappa shape index (κ2) is 5.48. The maximum Gasteiger partial charge on any atom is 0.0263 e. The lowest BCUT2D eigenvalue weighted by molar-refractivity contribution is 0.108. The second-order valence-corrected chi connectivity index (χ2v) is 6.56. The summed E-state index contributed by atoms with van der Waals surface area (Å²) >= 11 is 0. The van der Waals surface area contributed by atoms with Gasteiger partial charge in [-0.2, -0.15) is 0 Å². The van der Waals surface area contributed by atoms with E-state index < -0.39 is 0 Å². The van der Waals surface area contributed by atoms with Gasteiger partial charge in [0.25, 0.3) is 0 Å². The lowest BCUT2D eigenvalue weighted by atomic mass is 9.89. The van der Waals surface area contributed by atoms with E-state index in [2.05, 4.69) is 29.2 Å². The maximum absolute atomic E-state index is 3.44. The molecule has 104 valence electrons. The lowest BCUT2D eigenvalue weighted by Crippen LogP contribution is -2.48. The number of rotatable bonds is 3. The number of nitrogens with zero attached hydrogens (tertiary/aromatic N) is 2. The number of hydrogen-bond donors (Lipinski definition) is 1. The van der Waals surface area contributed by atoms with Gasteiger partial charge in [0.2, 0.25) is 0 Å². The van der Waals surface area contributed by atoms with Crippen LogP contribution in [0.4, 0.5) is 0 Å². The highest BCUT2D eigenvalue weighted by molar-refractivity contribution is 4.98. The first-order valence-corrected chi connectivity index (χ1v) is 7.93. The molecule has 0 aromatic heterocycles. The van der Waals surface area contributed by atoms with Crippen molar-refractivity contribution in [2.75, 3.05) is 27.2 Å². The van der Waals surface area contributed by atoms with Gasteiger partial charge in [-0.3, -0.25) is 9.80 Å².